The van der Waals surface area contributed by atoms with Gasteiger partial charge in [0.25, 0.3) is 5.91 Å². The highest BCUT2D eigenvalue weighted by molar-refractivity contribution is 9.10. The topological polar surface area (TPSA) is 38.3 Å². The van der Waals surface area contributed by atoms with Gasteiger partial charge < -0.3 is 10.1 Å². The van der Waals surface area contributed by atoms with Crippen LogP contribution in [0.4, 0.5) is 0 Å². The summed E-state index contributed by atoms with van der Waals surface area (Å²) in [5.41, 5.74) is 1.17. The molecule has 0 aliphatic heterocycles. The molecular formula is C18H18BrNO2. The van der Waals surface area contributed by atoms with E-state index in [2.05, 4.69) is 33.4 Å². The fourth-order valence-electron chi connectivity index (χ4n) is 2.48. The lowest BCUT2D eigenvalue weighted by atomic mass is 10.0. The molecule has 0 spiro atoms. The smallest absolute Gasteiger partial charge is 0.258 e. The largest absolute Gasteiger partial charge is 0.484 e. The van der Waals surface area contributed by atoms with E-state index in [9.17, 15) is 4.79 Å². The first-order chi connectivity index (χ1) is 10.7. The highest BCUT2D eigenvalue weighted by atomic mass is 79.9. The van der Waals surface area contributed by atoms with Crippen molar-refractivity contribution in [3.8, 4) is 5.75 Å². The zero-order chi connectivity index (χ0) is 15.4. The summed E-state index contributed by atoms with van der Waals surface area (Å²) in [6, 6.07) is 17.7. The molecule has 3 rings (SSSR count). The molecule has 1 fully saturated rings. The number of rotatable bonds is 6. The monoisotopic (exact) mass is 359 g/mol. The molecule has 0 unspecified atom stereocenters. The van der Waals surface area contributed by atoms with Gasteiger partial charge in [0.05, 0.1) is 6.04 Å². The molecule has 2 aromatic rings. The molecule has 1 atom stereocenters. The van der Waals surface area contributed by atoms with E-state index in [-0.39, 0.29) is 18.6 Å². The van der Waals surface area contributed by atoms with Gasteiger partial charge >= 0.3 is 0 Å². The lowest BCUT2D eigenvalue weighted by Crippen LogP contribution is -2.33. The molecule has 22 heavy (non-hydrogen) atoms. The zero-order valence-electron chi connectivity index (χ0n) is 12.2. The molecule has 0 aromatic heterocycles. The first kappa shape index (κ1) is 15.1. The summed E-state index contributed by atoms with van der Waals surface area (Å²) in [6.45, 7) is 0.0342. The summed E-state index contributed by atoms with van der Waals surface area (Å²) >= 11 is 3.39. The fraction of sp³-hybridized carbons (Fsp3) is 0.278. The number of carbonyl (C=O) groups is 1. The zero-order valence-corrected chi connectivity index (χ0v) is 13.8. The maximum atomic E-state index is 12.2. The number of ether oxygens (including phenoxy) is 1. The van der Waals surface area contributed by atoms with Crippen LogP contribution in [0.1, 0.15) is 24.4 Å². The number of hydrogen-bond donors (Lipinski definition) is 1. The van der Waals surface area contributed by atoms with E-state index < -0.39 is 0 Å². The van der Waals surface area contributed by atoms with Crippen molar-refractivity contribution in [2.24, 2.45) is 5.92 Å². The molecule has 1 amide bonds. The Balaban J connectivity index is 1.58. The lowest BCUT2D eigenvalue weighted by molar-refractivity contribution is -0.124. The van der Waals surface area contributed by atoms with Crippen molar-refractivity contribution >= 4 is 21.8 Å². The van der Waals surface area contributed by atoms with Crippen molar-refractivity contribution in [3.05, 3.63) is 64.6 Å². The van der Waals surface area contributed by atoms with Crippen molar-refractivity contribution in [1.82, 2.24) is 5.32 Å². The quantitative estimate of drug-likeness (QED) is 0.843. The van der Waals surface area contributed by atoms with Crippen LogP contribution < -0.4 is 10.1 Å². The Kier molecular flexibility index (Phi) is 4.78. The molecule has 1 N–H and O–H groups in total. The molecule has 0 saturated heterocycles. The third-order valence-corrected chi connectivity index (χ3v) is 4.23. The maximum Gasteiger partial charge on any atom is 0.258 e. The van der Waals surface area contributed by atoms with Gasteiger partial charge in [-0.2, -0.15) is 0 Å². The average molecular weight is 360 g/mol. The number of hydrogen-bond acceptors (Lipinski definition) is 2. The molecule has 3 nitrogen and oxygen atoms in total. The Bertz CT molecular complexity index is 641. The van der Waals surface area contributed by atoms with Gasteiger partial charge in [-0.15, -0.1) is 0 Å². The Morgan fingerprint density at radius 1 is 1.18 bits per heavy atom. The molecule has 1 saturated carbocycles. The van der Waals surface area contributed by atoms with Crippen LogP contribution in [0.25, 0.3) is 0 Å². The Labute approximate surface area is 138 Å². The van der Waals surface area contributed by atoms with Crippen LogP contribution in [0, 0.1) is 5.92 Å². The number of halogens is 1. The van der Waals surface area contributed by atoms with Gasteiger partial charge in [-0.25, -0.2) is 0 Å². The van der Waals surface area contributed by atoms with Gasteiger partial charge in [-0.1, -0.05) is 52.3 Å². The first-order valence-corrected chi connectivity index (χ1v) is 8.24. The van der Waals surface area contributed by atoms with Crippen molar-refractivity contribution < 1.29 is 9.53 Å². The van der Waals surface area contributed by atoms with Crippen LogP contribution in [0.15, 0.2) is 59.1 Å². The second kappa shape index (κ2) is 6.97. The SMILES string of the molecule is O=C(COc1cccc(Br)c1)N[C@H](c1ccccc1)C1CC1. The highest BCUT2D eigenvalue weighted by Crippen LogP contribution is 2.40. The molecule has 114 valence electrons. The van der Waals surface area contributed by atoms with Gasteiger partial charge in [0.1, 0.15) is 5.75 Å². The highest BCUT2D eigenvalue weighted by Gasteiger charge is 2.33. The van der Waals surface area contributed by atoms with Crippen LogP contribution in [0.3, 0.4) is 0 Å². The summed E-state index contributed by atoms with van der Waals surface area (Å²) in [5.74, 6) is 1.16. The van der Waals surface area contributed by atoms with E-state index >= 15 is 0 Å². The van der Waals surface area contributed by atoms with Crippen LogP contribution in [0.2, 0.25) is 0 Å². The van der Waals surface area contributed by atoms with Gasteiger partial charge in [-0.05, 0) is 42.5 Å². The Hall–Kier alpha value is -1.81. The average Bonchev–Trinajstić information content (AvgIpc) is 3.36. The maximum absolute atomic E-state index is 12.2. The Morgan fingerprint density at radius 3 is 2.64 bits per heavy atom. The summed E-state index contributed by atoms with van der Waals surface area (Å²) in [5, 5.41) is 3.10. The van der Waals surface area contributed by atoms with Crippen molar-refractivity contribution in [2.75, 3.05) is 6.61 Å². The standard InChI is InChI=1S/C18H18BrNO2/c19-15-7-4-8-16(11-15)22-12-17(21)20-18(14-9-10-14)13-5-2-1-3-6-13/h1-8,11,14,18H,9-10,12H2,(H,20,21)/t18-/m1/s1. The van der Waals surface area contributed by atoms with E-state index in [0.29, 0.717) is 11.7 Å². The van der Waals surface area contributed by atoms with Gasteiger partial charge in [0.15, 0.2) is 6.61 Å². The molecular weight excluding hydrogens is 342 g/mol. The van der Waals surface area contributed by atoms with Crippen molar-refractivity contribution in [2.45, 2.75) is 18.9 Å². The molecule has 1 aliphatic rings. The number of benzene rings is 2. The van der Waals surface area contributed by atoms with Crippen LogP contribution in [-0.4, -0.2) is 12.5 Å². The molecule has 4 heteroatoms. The lowest BCUT2D eigenvalue weighted by Gasteiger charge is -2.19. The van der Waals surface area contributed by atoms with Gasteiger partial charge in [-0.3, -0.25) is 4.79 Å². The van der Waals surface area contributed by atoms with E-state index in [1.807, 2.05) is 42.5 Å². The molecule has 0 radical (unpaired) electrons. The van der Waals surface area contributed by atoms with Crippen LogP contribution in [-0.2, 0) is 4.79 Å². The molecule has 1 aliphatic carbocycles. The number of amides is 1. The molecule has 2 aromatic carbocycles. The third kappa shape index (κ3) is 4.10. The Morgan fingerprint density at radius 2 is 1.95 bits per heavy atom. The molecule has 0 heterocycles. The van der Waals surface area contributed by atoms with Crippen LogP contribution in [0.5, 0.6) is 5.75 Å². The van der Waals surface area contributed by atoms with E-state index in [1.54, 1.807) is 0 Å². The fourth-order valence-corrected chi connectivity index (χ4v) is 2.86. The predicted octanol–water partition coefficient (Wildman–Crippen LogP) is 4.10. The second-order valence-electron chi connectivity index (χ2n) is 5.54. The minimum Gasteiger partial charge on any atom is -0.484 e. The van der Waals surface area contributed by atoms with Gasteiger partial charge in [0.2, 0.25) is 0 Å². The predicted molar refractivity (Wildman–Crippen MR) is 89.7 cm³/mol. The second-order valence-corrected chi connectivity index (χ2v) is 6.46. The van der Waals surface area contributed by atoms with Crippen molar-refractivity contribution in [1.29, 1.82) is 0 Å². The molecule has 0 bridgehead atoms. The van der Waals surface area contributed by atoms with Crippen molar-refractivity contribution in [3.63, 3.8) is 0 Å². The first-order valence-electron chi connectivity index (χ1n) is 7.45. The normalized spacial score (nSPS) is 15.1. The summed E-state index contributed by atoms with van der Waals surface area (Å²) in [4.78, 5) is 12.2. The van der Waals surface area contributed by atoms with E-state index in [1.165, 1.54) is 18.4 Å². The minimum atomic E-state index is -0.0827. The summed E-state index contributed by atoms with van der Waals surface area (Å²) in [6.07, 6.45) is 2.35. The van der Waals surface area contributed by atoms with Gasteiger partial charge in [0, 0.05) is 4.47 Å². The van der Waals surface area contributed by atoms with E-state index in [0.717, 1.165) is 4.47 Å². The van der Waals surface area contributed by atoms with Crippen LogP contribution >= 0.6 is 15.9 Å². The van der Waals surface area contributed by atoms with E-state index in [4.69, 9.17) is 4.74 Å². The number of nitrogens with one attached hydrogen (secondary N) is 1. The summed E-state index contributed by atoms with van der Waals surface area (Å²) < 4.78 is 6.48. The number of carbonyl (C=O) groups excluding carboxylic acids is 1. The minimum absolute atomic E-state index is 0.0342. The summed E-state index contributed by atoms with van der Waals surface area (Å²) in [7, 11) is 0. The third-order valence-electron chi connectivity index (χ3n) is 3.73.